The minimum Gasteiger partial charge on any atom is -0.496 e. The molecule has 2 aliphatic rings. The number of hydrogen-bond donors (Lipinski definition) is 1. The van der Waals surface area contributed by atoms with E-state index < -0.39 is 0 Å². The average Bonchev–Trinajstić information content (AvgIpc) is 3.23. The second-order valence-electron chi connectivity index (χ2n) is 7.43. The van der Waals surface area contributed by atoms with E-state index in [-0.39, 0.29) is 23.7 Å². The van der Waals surface area contributed by atoms with E-state index in [1.165, 1.54) is 0 Å². The van der Waals surface area contributed by atoms with Gasteiger partial charge in [0.05, 0.1) is 17.8 Å². The lowest BCUT2D eigenvalue weighted by molar-refractivity contribution is -0.141. The van der Waals surface area contributed by atoms with Crippen molar-refractivity contribution < 1.29 is 14.3 Å². The molecular weight excluding hydrogens is 374 g/mol. The number of ether oxygens (including phenoxy) is 1. The number of thiazole rings is 1. The van der Waals surface area contributed by atoms with Crippen LogP contribution in [0.2, 0.25) is 0 Å². The average molecular weight is 400 g/mol. The zero-order valence-corrected chi connectivity index (χ0v) is 16.8. The van der Waals surface area contributed by atoms with Gasteiger partial charge in [0.25, 0.3) is 0 Å². The molecule has 2 saturated heterocycles. The van der Waals surface area contributed by atoms with Gasteiger partial charge in [-0.25, -0.2) is 4.98 Å². The van der Waals surface area contributed by atoms with Crippen molar-refractivity contribution in [2.75, 3.05) is 26.7 Å². The number of benzene rings is 1. The van der Waals surface area contributed by atoms with Gasteiger partial charge < -0.3 is 15.0 Å². The van der Waals surface area contributed by atoms with Crippen LogP contribution in [-0.4, -0.2) is 48.4 Å². The third kappa shape index (κ3) is 3.90. The summed E-state index contributed by atoms with van der Waals surface area (Å²) in [4.78, 5) is 31.3. The van der Waals surface area contributed by atoms with Crippen molar-refractivity contribution in [1.82, 2.24) is 15.2 Å². The minimum atomic E-state index is -0.173. The Hall–Kier alpha value is -2.41. The number of nitrogens with one attached hydrogen (secondary N) is 1. The van der Waals surface area contributed by atoms with E-state index in [0.717, 1.165) is 47.8 Å². The Morgan fingerprint density at radius 2 is 2.18 bits per heavy atom. The van der Waals surface area contributed by atoms with Gasteiger partial charge >= 0.3 is 0 Å². The third-order valence-corrected chi connectivity index (χ3v) is 6.59. The second-order valence-corrected chi connectivity index (χ2v) is 8.32. The number of amides is 2. The first kappa shape index (κ1) is 18.9. The summed E-state index contributed by atoms with van der Waals surface area (Å²) in [5.74, 6) is 1.01. The lowest BCUT2D eigenvalue weighted by atomic mass is 9.93. The topological polar surface area (TPSA) is 71.5 Å². The molecule has 2 fully saturated rings. The zero-order valence-electron chi connectivity index (χ0n) is 16.0. The fourth-order valence-electron chi connectivity index (χ4n) is 4.09. The summed E-state index contributed by atoms with van der Waals surface area (Å²) in [5.41, 5.74) is 1.91. The highest BCUT2D eigenvalue weighted by Gasteiger charge is 2.33. The van der Waals surface area contributed by atoms with Crippen LogP contribution >= 0.6 is 11.3 Å². The third-order valence-electron chi connectivity index (χ3n) is 5.58. The molecule has 0 unspecified atom stereocenters. The fraction of sp³-hybridized carbons (Fsp3) is 0.476. The number of para-hydroxylation sites is 1. The summed E-state index contributed by atoms with van der Waals surface area (Å²) >= 11 is 1.65. The number of aromatic nitrogens is 1. The highest BCUT2D eigenvalue weighted by atomic mass is 32.1. The predicted molar refractivity (Wildman–Crippen MR) is 108 cm³/mol. The van der Waals surface area contributed by atoms with E-state index in [0.29, 0.717) is 19.5 Å². The number of nitrogens with zero attached hydrogens (tertiary/aromatic N) is 2. The van der Waals surface area contributed by atoms with Gasteiger partial charge in [0.2, 0.25) is 11.8 Å². The Morgan fingerprint density at radius 3 is 3.00 bits per heavy atom. The molecule has 0 saturated carbocycles. The van der Waals surface area contributed by atoms with Crippen LogP contribution in [0.4, 0.5) is 0 Å². The quantitative estimate of drug-likeness (QED) is 0.858. The SMILES string of the molecule is COc1ccccc1-c1csc([C@H]2CCCN(C(=O)[C@@H]3CCNC(=O)C3)C2)n1. The van der Waals surface area contributed by atoms with Crippen LogP contribution in [0.15, 0.2) is 29.6 Å². The Balaban J connectivity index is 1.47. The van der Waals surface area contributed by atoms with Crippen LogP contribution in [0.3, 0.4) is 0 Å². The Bertz CT molecular complexity index is 866. The minimum absolute atomic E-state index is 0.0143. The van der Waals surface area contributed by atoms with Gasteiger partial charge in [-0.2, -0.15) is 0 Å². The normalized spacial score (nSPS) is 22.6. The maximum atomic E-state index is 12.9. The van der Waals surface area contributed by atoms with Crippen molar-refractivity contribution in [2.45, 2.75) is 31.6 Å². The number of rotatable bonds is 4. The summed E-state index contributed by atoms with van der Waals surface area (Å²) in [7, 11) is 1.67. The van der Waals surface area contributed by atoms with E-state index in [1.807, 2.05) is 29.2 Å². The molecule has 2 atom stereocenters. The van der Waals surface area contributed by atoms with Gasteiger partial charge in [0, 0.05) is 48.8 Å². The first-order valence-electron chi connectivity index (χ1n) is 9.80. The smallest absolute Gasteiger partial charge is 0.226 e. The van der Waals surface area contributed by atoms with Crippen LogP contribution in [-0.2, 0) is 9.59 Å². The maximum Gasteiger partial charge on any atom is 0.226 e. The largest absolute Gasteiger partial charge is 0.496 e. The Morgan fingerprint density at radius 1 is 1.32 bits per heavy atom. The summed E-state index contributed by atoms with van der Waals surface area (Å²) in [6.07, 6.45) is 3.06. The molecule has 3 heterocycles. The van der Waals surface area contributed by atoms with E-state index in [2.05, 4.69) is 10.7 Å². The maximum absolute atomic E-state index is 12.9. The molecule has 7 heteroatoms. The molecule has 0 aliphatic carbocycles. The van der Waals surface area contributed by atoms with Crippen molar-refractivity contribution >= 4 is 23.2 Å². The lowest BCUT2D eigenvalue weighted by Crippen LogP contribution is -2.46. The molecule has 28 heavy (non-hydrogen) atoms. The number of carbonyl (C=O) groups excluding carboxylic acids is 2. The molecule has 148 valence electrons. The molecule has 4 rings (SSSR count). The molecule has 6 nitrogen and oxygen atoms in total. The van der Waals surface area contributed by atoms with Crippen molar-refractivity contribution in [1.29, 1.82) is 0 Å². The van der Waals surface area contributed by atoms with Gasteiger partial charge in [-0.1, -0.05) is 12.1 Å². The van der Waals surface area contributed by atoms with E-state index in [4.69, 9.17) is 9.72 Å². The zero-order chi connectivity index (χ0) is 19.5. The molecule has 1 N–H and O–H groups in total. The Labute approximate surface area is 168 Å². The van der Waals surface area contributed by atoms with Gasteiger partial charge in [0.15, 0.2) is 0 Å². The summed E-state index contributed by atoms with van der Waals surface area (Å²) < 4.78 is 5.46. The van der Waals surface area contributed by atoms with Crippen LogP contribution in [0.5, 0.6) is 5.75 Å². The number of hydrogen-bond acceptors (Lipinski definition) is 5. The van der Waals surface area contributed by atoms with Crippen molar-refractivity contribution in [3.05, 3.63) is 34.7 Å². The summed E-state index contributed by atoms with van der Waals surface area (Å²) in [5, 5.41) is 5.94. The lowest BCUT2D eigenvalue weighted by Gasteiger charge is -2.35. The number of piperidine rings is 2. The molecular formula is C21H25N3O3S. The molecule has 2 amide bonds. The van der Waals surface area contributed by atoms with E-state index >= 15 is 0 Å². The molecule has 0 radical (unpaired) electrons. The second kappa shape index (κ2) is 8.31. The van der Waals surface area contributed by atoms with Crippen molar-refractivity contribution in [3.63, 3.8) is 0 Å². The van der Waals surface area contributed by atoms with Crippen LogP contribution in [0.25, 0.3) is 11.3 Å². The molecule has 0 bridgehead atoms. The molecule has 1 aromatic carbocycles. The monoisotopic (exact) mass is 399 g/mol. The number of carbonyl (C=O) groups is 2. The van der Waals surface area contributed by atoms with E-state index in [1.54, 1.807) is 18.4 Å². The van der Waals surface area contributed by atoms with Crippen LogP contribution in [0, 0.1) is 5.92 Å². The summed E-state index contributed by atoms with van der Waals surface area (Å²) in [6.45, 7) is 2.06. The van der Waals surface area contributed by atoms with E-state index in [9.17, 15) is 9.59 Å². The summed E-state index contributed by atoms with van der Waals surface area (Å²) in [6, 6.07) is 7.89. The number of likely N-dealkylation sites (tertiary alicyclic amines) is 1. The first-order valence-corrected chi connectivity index (χ1v) is 10.7. The van der Waals surface area contributed by atoms with Crippen molar-refractivity contribution in [3.8, 4) is 17.0 Å². The first-order chi connectivity index (χ1) is 13.7. The molecule has 2 aromatic rings. The van der Waals surface area contributed by atoms with Crippen LogP contribution in [0.1, 0.15) is 36.6 Å². The predicted octanol–water partition coefficient (Wildman–Crippen LogP) is 3.05. The van der Waals surface area contributed by atoms with Crippen molar-refractivity contribution in [2.24, 2.45) is 5.92 Å². The molecule has 1 aromatic heterocycles. The highest BCUT2D eigenvalue weighted by Crippen LogP contribution is 2.35. The highest BCUT2D eigenvalue weighted by molar-refractivity contribution is 7.10. The molecule has 0 spiro atoms. The van der Waals surface area contributed by atoms with Gasteiger partial charge in [0.1, 0.15) is 5.75 Å². The fourth-order valence-corrected chi connectivity index (χ4v) is 5.03. The van der Waals surface area contributed by atoms with Crippen LogP contribution < -0.4 is 10.1 Å². The van der Waals surface area contributed by atoms with Gasteiger partial charge in [-0.15, -0.1) is 11.3 Å². The van der Waals surface area contributed by atoms with Gasteiger partial charge in [-0.3, -0.25) is 9.59 Å². The van der Waals surface area contributed by atoms with Gasteiger partial charge in [-0.05, 0) is 31.4 Å². The number of methoxy groups -OCH3 is 1. The Kier molecular flexibility index (Phi) is 5.62. The standard InChI is InChI=1S/C21H25N3O3S/c1-27-18-7-3-2-6-16(18)17-13-28-20(23-17)15-5-4-10-24(12-15)21(26)14-8-9-22-19(25)11-14/h2-3,6-7,13-15H,4-5,8-12H2,1H3,(H,22,25)/t14-,15+/m1/s1. The molecule has 2 aliphatic heterocycles.